The number of aliphatic hydroxyl groups is 1. The van der Waals surface area contributed by atoms with Crippen molar-refractivity contribution in [2.45, 2.75) is 12.5 Å². The van der Waals surface area contributed by atoms with Gasteiger partial charge in [0.15, 0.2) is 0 Å². The van der Waals surface area contributed by atoms with Crippen LogP contribution in [0.4, 0.5) is 4.39 Å². The summed E-state index contributed by atoms with van der Waals surface area (Å²) in [5, 5.41) is 8.94. The van der Waals surface area contributed by atoms with Crippen LogP contribution in [0.2, 0.25) is 5.02 Å². The van der Waals surface area contributed by atoms with Crippen molar-refractivity contribution in [2.24, 2.45) is 5.73 Å². The summed E-state index contributed by atoms with van der Waals surface area (Å²) >= 11 is 5.56. The third-order valence-corrected chi connectivity index (χ3v) is 2.19. The Labute approximate surface area is 81.1 Å². The molecule has 0 aliphatic heterocycles. The molecule has 0 aliphatic carbocycles. The Morgan fingerprint density at radius 2 is 2.23 bits per heavy atom. The lowest BCUT2D eigenvalue weighted by atomic mass is 9.94. The van der Waals surface area contributed by atoms with E-state index in [9.17, 15) is 4.39 Å². The SMILES string of the molecule is CC(N)(CO)c1cccc(Cl)c1F. The van der Waals surface area contributed by atoms with Crippen LogP contribution in [0.3, 0.4) is 0 Å². The molecule has 0 bridgehead atoms. The van der Waals surface area contributed by atoms with Crippen molar-refractivity contribution < 1.29 is 9.50 Å². The second kappa shape index (κ2) is 3.62. The van der Waals surface area contributed by atoms with Crippen LogP contribution in [0, 0.1) is 5.82 Å². The molecule has 72 valence electrons. The molecule has 0 spiro atoms. The van der Waals surface area contributed by atoms with Gasteiger partial charge in [0.2, 0.25) is 0 Å². The van der Waals surface area contributed by atoms with Gasteiger partial charge in [0.05, 0.1) is 17.2 Å². The molecule has 1 aromatic rings. The smallest absolute Gasteiger partial charge is 0.146 e. The lowest BCUT2D eigenvalue weighted by Crippen LogP contribution is -2.37. The second-order valence-corrected chi connectivity index (χ2v) is 3.58. The zero-order chi connectivity index (χ0) is 10.1. The van der Waals surface area contributed by atoms with Crippen LogP contribution in [-0.4, -0.2) is 11.7 Å². The molecule has 0 heterocycles. The van der Waals surface area contributed by atoms with Crippen LogP contribution in [-0.2, 0) is 5.54 Å². The Bertz CT molecular complexity index is 314. The summed E-state index contributed by atoms with van der Waals surface area (Å²) in [5.74, 6) is -0.566. The average molecular weight is 204 g/mol. The molecule has 13 heavy (non-hydrogen) atoms. The third-order valence-electron chi connectivity index (χ3n) is 1.90. The van der Waals surface area contributed by atoms with Crippen molar-refractivity contribution >= 4 is 11.6 Å². The van der Waals surface area contributed by atoms with Gasteiger partial charge in [-0.1, -0.05) is 23.7 Å². The van der Waals surface area contributed by atoms with E-state index in [0.29, 0.717) is 0 Å². The van der Waals surface area contributed by atoms with Gasteiger partial charge in [-0.05, 0) is 13.0 Å². The molecule has 0 aromatic heterocycles. The average Bonchev–Trinajstić information content (AvgIpc) is 2.09. The van der Waals surface area contributed by atoms with Crippen molar-refractivity contribution in [1.29, 1.82) is 0 Å². The molecule has 0 saturated carbocycles. The second-order valence-electron chi connectivity index (χ2n) is 3.18. The number of rotatable bonds is 2. The van der Waals surface area contributed by atoms with Crippen LogP contribution in [0.15, 0.2) is 18.2 Å². The van der Waals surface area contributed by atoms with E-state index in [2.05, 4.69) is 0 Å². The van der Waals surface area contributed by atoms with E-state index in [1.165, 1.54) is 12.1 Å². The Kier molecular flexibility index (Phi) is 2.91. The minimum Gasteiger partial charge on any atom is -0.394 e. The Morgan fingerprint density at radius 1 is 1.62 bits per heavy atom. The van der Waals surface area contributed by atoms with Crippen LogP contribution >= 0.6 is 11.6 Å². The Morgan fingerprint density at radius 3 is 2.77 bits per heavy atom. The first-order chi connectivity index (χ1) is 5.99. The number of aliphatic hydroxyl groups excluding tert-OH is 1. The summed E-state index contributed by atoms with van der Waals surface area (Å²) in [4.78, 5) is 0. The zero-order valence-corrected chi connectivity index (χ0v) is 7.98. The summed E-state index contributed by atoms with van der Waals surface area (Å²) in [5.41, 5.74) is 4.79. The Balaban J connectivity index is 3.22. The molecule has 1 atom stereocenters. The van der Waals surface area contributed by atoms with Gasteiger partial charge in [0.25, 0.3) is 0 Å². The lowest BCUT2D eigenvalue weighted by molar-refractivity contribution is 0.206. The molecule has 0 saturated heterocycles. The van der Waals surface area contributed by atoms with Gasteiger partial charge in [-0.3, -0.25) is 0 Å². The molecule has 3 N–H and O–H groups in total. The van der Waals surface area contributed by atoms with E-state index in [1.807, 2.05) is 0 Å². The maximum atomic E-state index is 13.4. The molecule has 1 unspecified atom stereocenters. The van der Waals surface area contributed by atoms with Gasteiger partial charge in [0.1, 0.15) is 5.82 Å². The molecular formula is C9H11ClFNO. The fourth-order valence-electron chi connectivity index (χ4n) is 1.03. The fourth-order valence-corrected chi connectivity index (χ4v) is 1.20. The quantitative estimate of drug-likeness (QED) is 0.768. The van der Waals surface area contributed by atoms with E-state index >= 15 is 0 Å². The van der Waals surface area contributed by atoms with Crippen LogP contribution in [0.25, 0.3) is 0 Å². The summed E-state index contributed by atoms with van der Waals surface area (Å²) in [6.07, 6.45) is 0. The first-order valence-corrected chi connectivity index (χ1v) is 4.21. The molecule has 4 heteroatoms. The van der Waals surface area contributed by atoms with E-state index in [-0.39, 0.29) is 17.2 Å². The van der Waals surface area contributed by atoms with Crippen molar-refractivity contribution in [3.63, 3.8) is 0 Å². The van der Waals surface area contributed by atoms with Crippen molar-refractivity contribution in [1.82, 2.24) is 0 Å². The van der Waals surface area contributed by atoms with E-state index in [1.54, 1.807) is 13.0 Å². The van der Waals surface area contributed by atoms with Crippen LogP contribution < -0.4 is 5.73 Å². The van der Waals surface area contributed by atoms with Gasteiger partial charge in [-0.2, -0.15) is 0 Å². The minimum absolute atomic E-state index is 0.0163. The summed E-state index contributed by atoms with van der Waals surface area (Å²) in [6.45, 7) is 1.21. The highest BCUT2D eigenvalue weighted by atomic mass is 35.5. The fraction of sp³-hybridized carbons (Fsp3) is 0.333. The minimum atomic E-state index is -1.09. The predicted octanol–water partition coefficient (Wildman–Crippen LogP) is 1.65. The number of nitrogens with two attached hydrogens (primary N) is 1. The third kappa shape index (κ3) is 1.99. The number of halogens is 2. The molecule has 0 fully saturated rings. The van der Waals surface area contributed by atoms with Gasteiger partial charge >= 0.3 is 0 Å². The van der Waals surface area contributed by atoms with Gasteiger partial charge in [-0.15, -0.1) is 0 Å². The zero-order valence-electron chi connectivity index (χ0n) is 7.22. The lowest BCUT2D eigenvalue weighted by Gasteiger charge is -2.22. The van der Waals surface area contributed by atoms with Crippen molar-refractivity contribution in [2.75, 3.05) is 6.61 Å². The highest BCUT2D eigenvalue weighted by Crippen LogP contribution is 2.25. The first-order valence-electron chi connectivity index (χ1n) is 3.83. The number of hydrogen-bond acceptors (Lipinski definition) is 2. The maximum absolute atomic E-state index is 13.4. The van der Waals surface area contributed by atoms with Crippen LogP contribution in [0.5, 0.6) is 0 Å². The highest BCUT2D eigenvalue weighted by Gasteiger charge is 2.24. The van der Waals surface area contributed by atoms with E-state index < -0.39 is 11.4 Å². The first kappa shape index (κ1) is 10.4. The van der Waals surface area contributed by atoms with Gasteiger partial charge < -0.3 is 10.8 Å². The summed E-state index contributed by atoms with van der Waals surface area (Å²) < 4.78 is 13.4. The topological polar surface area (TPSA) is 46.2 Å². The number of hydrogen-bond donors (Lipinski definition) is 2. The van der Waals surface area contributed by atoms with Crippen molar-refractivity contribution in [3.8, 4) is 0 Å². The molecule has 1 aromatic carbocycles. The maximum Gasteiger partial charge on any atom is 0.146 e. The largest absolute Gasteiger partial charge is 0.394 e. The highest BCUT2D eigenvalue weighted by molar-refractivity contribution is 6.30. The molecular weight excluding hydrogens is 193 g/mol. The molecule has 0 aliphatic rings. The Hall–Kier alpha value is -0.640. The summed E-state index contributed by atoms with van der Waals surface area (Å²) in [6, 6.07) is 4.55. The van der Waals surface area contributed by atoms with Crippen molar-refractivity contribution in [3.05, 3.63) is 34.6 Å². The monoisotopic (exact) mass is 203 g/mol. The normalized spacial score (nSPS) is 15.5. The summed E-state index contributed by atoms with van der Waals surface area (Å²) in [7, 11) is 0. The predicted molar refractivity (Wildman–Crippen MR) is 50.0 cm³/mol. The van der Waals surface area contributed by atoms with Gasteiger partial charge in [0, 0.05) is 5.56 Å². The molecule has 1 rings (SSSR count). The number of benzene rings is 1. The van der Waals surface area contributed by atoms with E-state index in [4.69, 9.17) is 22.4 Å². The van der Waals surface area contributed by atoms with Crippen LogP contribution in [0.1, 0.15) is 12.5 Å². The molecule has 2 nitrogen and oxygen atoms in total. The standard InChI is InChI=1S/C9H11ClFNO/c1-9(12,5-13)6-3-2-4-7(10)8(6)11/h2-4,13H,5,12H2,1H3. The van der Waals surface area contributed by atoms with Gasteiger partial charge in [-0.25, -0.2) is 4.39 Å². The molecule has 0 amide bonds. The molecule has 0 radical (unpaired) electrons. The van der Waals surface area contributed by atoms with E-state index in [0.717, 1.165) is 0 Å².